The van der Waals surface area contributed by atoms with E-state index in [1.165, 1.54) is 4.90 Å². The molecule has 2 aromatic rings. The Morgan fingerprint density at radius 1 is 1.47 bits per heavy atom. The van der Waals surface area contributed by atoms with Crippen molar-refractivity contribution in [2.45, 2.75) is 37.8 Å². The summed E-state index contributed by atoms with van der Waals surface area (Å²) in [6.45, 7) is 5.95. The Labute approximate surface area is 204 Å². The van der Waals surface area contributed by atoms with Gasteiger partial charge in [0.15, 0.2) is 5.13 Å². The van der Waals surface area contributed by atoms with E-state index in [2.05, 4.69) is 15.2 Å². The number of aliphatic hydroxyl groups is 1. The van der Waals surface area contributed by atoms with Crippen LogP contribution in [0.3, 0.4) is 0 Å². The maximum Gasteiger partial charge on any atom is 0.353 e. The zero-order chi connectivity index (χ0) is 24.0. The molecule has 5 rings (SSSR count). The minimum Gasteiger partial charge on any atom is -0.477 e. The summed E-state index contributed by atoms with van der Waals surface area (Å²) in [4.78, 5) is 33.4. The monoisotopic (exact) mass is 506 g/mol. The molecule has 0 spiro atoms. The van der Waals surface area contributed by atoms with Crippen LogP contribution in [-0.2, 0) is 16.1 Å². The molecule has 34 heavy (non-hydrogen) atoms. The number of carbonyl (C=O) groups is 2. The molecule has 2 fully saturated rings. The number of rotatable bonds is 10. The van der Waals surface area contributed by atoms with Gasteiger partial charge in [-0.2, -0.15) is 0 Å². The van der Waals surface area contributed by atoms with Gasteiger partial charge in [0.25, 0.3) is 5.95 Å². The Bertz CT molecular complexity index is 1090. The largest absolute Gasteiger partial charge is 0.477 e. The molecule has 182 valence electrons. The lowest BCUT2D eigenvalue weighted by atomic mass is 9.79. The fourth-order valence-electron chi connectivity index (χ4n) is 4.70. The molecule has 0 aromatic carbocycles. The van der Waals surface area contributed by atoms with Crippen LogP contribution in [0.5, 0.6) is 5.95 Å². The van der Waals surface area contributed by atoms with E-state index in [0.717, 1.165) is 28.8 Å². The third-order valence-electron chi connectivity index (χ3n) is 6.38. The van der Waals surface area contributed by atoms with E-state index in [1.54, 1.807) is 48.4 Å². The highest BCUT2D eigenvalue weighted by atomic mass is 32.2. The number of β-lactam (4-membered cyclic amide) rings is 1. The number of aliphatic hydroxyl groups excluding tert-OH is 1. The highest BCUT2D eigenvalue weighted by molar-refractivity contribution is 8.03. The van der Waals surface area contributed by atoms with Gasteiger partial charge in [-0.1, -0.05) is 6.92 Å². The van der Waals surface area contributed by atoms with Crippen molar-refractivity contribution < 1.29 is 29.0 Å². The van der Waals surface area contributed by atoms with Gasteiger partial charge in [0.1, 0.15) is 12.4 Å². The number of fused-ring (bicyclic) bond motifs is 1. The number of amides is 1. The van der Waals surface area contributed by atoms with E-state index in [9.17, 15) is 19.8 Å². The van der Waals surface area contributed by atoms with Gasteiger partial charge in [-0.25, -0.2) is 9.78 Å². The van der Waals surface area contributed by atoms with Crippen molar-refractivity contribution in [2.24, 2.45) is 11.8 Å². The maximum absolute atomic E-state index is 12.5. The zero-order valence-electron chi connectivity index (χ0n) is 18.7. The van der Waals surface area contributed by atoms with E-state index >= 15 is 0 Å². The number of thioether (sulfide) groups is 1. The summed E-state index contributed by atoms with van der Waals surface area (Å²) in [6, 6.07) is 3.23. The van der Waals surface area contributed by atoms with Crippen LogP contribution in [0.25, 0.3) is 0 Å². The number of hydrogen-bond acceptors (Lipinski definition) is 10. The molecule has 1 amide bonds. The molecule has 3 N–H and O–H groups in total. The number of furan rings is 1. The number of nitrogens with zero attached hydrogens (tertiary/aromatic N) is 3. The van der Waals surface area contributed by atoms with Gasteiger partial charge in [0.2, 0.25) is 5.91 Å². The first-order valence-corrected chi connectivity index (χ1v) is 12.8. The van der Waals surface area contributed by atoms with Crippen molar-refractivity contribution >= 4 is 40.1 Å². The van der Waals surface area contributed by atoms with Gasteiger partial charge < -0.3 is 29.2 Å². The van der Waals surface area contributed by atoms with Crippen molar-refractivity contribution in [1.29, 1.82) is 0 Å². The maximum atomic E-state index is 12.5. The Balaban J connectivity index is 1.14. The van der Waals surface area contributed by atoms with Crippen LogP contribution in [-0.4, -0.2) is 69.2 Å². The SMILES string of the molecule is C[C@@H](O)[C@H]1C(=O)N2C(C(=O)O)=C(SC3CN(c4nc(CNCOc5ccco5)cs4)C3)[C@H](C)[C@H]12. The lowest BCUT2D eigenvalue weighted by Gasteiger charge is -2.46. The van der Waals surface area contributed by atoms with Crippen LogP contribution in [0.1, 0.15) is 19.5 Å². The Kier molecular flexibility index (Phi) is 6.32. The molecule has 0 radical (unpaired) electrons. The standard InChI is InChI=1S/C22H26N4O6S2/c1-11-17-16(12(2)27)20(28)26(17)18(21(29)30)19(11)34-14-7-25(8-14)22-24-13(9-33-22)6-23-10-32-15-4-3-5-31-15/h3-5,9,11-12,14,16-17,23,27H,6-8,10H2,1-2H3,(H,29,30)/t11-,12-,16-,17-/m1/s1. The van der Waals surface area contributed by atoms with Crippen LogP contribution in [0.4, 0.5) is 5.13 Å². The van der Waals surface area contributed by atoms with Gasteiger partial charge in [-0.05, 0) is 13.0 Å². The minimum atomic E-state index is -1.08. The molecule has 3 aliphatic rings. The molecular weight excluding hydrogens is 480 g/mol. The number of aliphatic carboxylic acids is 1. The van der Waals surface area contributed by atoms with Gasteiger partial charge in [0, 0.05) is 47.2 Å². The number of ether oxygens (including phenoxy) is 1. The fraction of sp³-hybridized carbons (Fsp3) is 0.500. The average molecular weight is 507 g/mol. The number of hydrogen-bond donors (Lipinski definition) is 3. The molecule has 0 bridgehead atoms. The quantitative estimate of drug-likeness (QED) is 0.250. The van der Waals surface area contributed by atoms with Gasteiger partial charge >= 0.3 is 5.97 Å². The third kappa shape index (κ3) is 4.08. The summed E-state index contributed by atoms with van der Waals surface area (Å²) >= 11 is 3.12. The summed E-state index contributed by atoms with van der Waals surface area (Å²) < 4.78 is 10.5. The van der Waals surface area contributed by atoms with E-state index in [0.29, 0.717) is 19.2 Å². The second-order valence-corrected chi connectivity index (χ2v) is 10.9. The minimum absolute atomic E-state index is 0.0854. The van der Waals surface area contributed by atoms with E-state index in [1.807, 2.05) is 12.3 Å². The summed E-state index contributed by atoms with van der Waals surface area (Å²) in [5.41, 5.74) is 1.01. The molecular formula is C22H26N4O6S2. The normalized spacial score (nSPS) is 25.3. The number of thiazole rings is 1. The first-order valence-electron chi connectivity index (χ1n) is 11.1. The van der Waals surface area contributed by atoms with Crippen molar-refractivity contribution in [1.82, 2.24) is 15.2 Å². The van der Waals surface area contributed by atoms with Gasteiger partial charge in [-0.15, -0.1) is 23.1 Å². The smallest absolute Gasteiger partial charge is 0.353 e. The Morgan fingerprint density at radius 3 is 2.94 bits per heavy atom. The molecule has 0 aliphatic carbocycles. The molecule has 4 atom stereocenters. The molecule has 2 saturated heterocycles. The second kappa shape index (κ2) is 9.25. The summed E-state index contributed by atoms with van der Waals surface area (Å²) in [5, 5.41) is 26.1. The Morgan fingerprint density at radius 2 is 2.26 bits per heavy atom. The molecule has 0 unspecified atom stereocenters. The van der Waals surface area contributed by atoms with Crippen LogP contribution in [0, 0.1) is 11.8 Å². The summed E-state index contributed by atoms with van der Waals surface area (Å²) in [7, 11) is 0. The highest BCUT2D eigenvalue weighted by Crippen LogP contribution is 2.52. The highest BCUT2D eigenvalue weighted by Gasteiger charge is 2.60. The van der Waals surface area contributed by atoms with Gasteiger partial charge in [0.05, 0.1) is 30.0 Å². The number of carbonyl (C=O) groups excluding carboxylic acids is 1. The van der Waals surface area contributed by atoms with Crippen LogP contribution in [0.2, 0.25) is 0 Å². The average Bonchev–Trinajstić information content (AvgIpc) is 3.47. The Hall–Kier alpha value is -2.54. The number of carboxylic acids is 1. The molecule has 0 saturated carbocycles. The summed E-state index contributed by atoms with van der Waals surface area (Å²) in [6.07, 6.45) is 0.765. The first kappa shape index (κ1) is 23.2. The zero-order valence-corrected chi connectivity index (χ0v) is 20.3. The lowest BCUT2D eigenvalue weighted by molar-refractivity contribution is -0.163. The number of carboxylic acid groups (broad SMARTS) is 1. The van der Waals surface area contributed by atoms with Crippen molar-refractivity contribution in [3.63, 3.8) is 0 Å². The van der Waals surface area contributed by atoms with Crippen molar-refractivity contribution in [2.75, 3.05) is 24.7 Å². The number of aromatic nitrogens is 1. The number of anilines is 1. The topological polar surface area (TPSA) is 128 Å². The third-order valence-corrected chi connectivity index (χ3v) is 8.78. The van der Waals surface area contributed by atoms with Crippen molar-refractivity contribution in [3.8, 4) is 5.95 Å². The van der Waals surface area contributed by atoms with Crippen LogP contribution in [0.15, 0.2) is 38.8 Å². The van der Waals surface area contributed by atoms with Crippen LogP contribution < -0.4 is 15.0 Å². The van der Waals surface area contributed by atoms with E-state index < -0.39 is 18.0 Å². The predicted molar refractivity (Wildman–Crippen MR) is 126 cm³/mol. The van der Waals surface area contributed by atoms with E-state index in [-0.39, 0.29) is 28.8 Å². The molecule has 3 aliphatic heterocycles. The second-order valence-electron chi connectivity index (χ2n) is 8.69. The molecule has 5 heterocycles. The predicted octanol–water partition coefficient (Wildman–Crippen LogP) is 1.94. The number of nitrogens with one attached hydrogen (secondary N) is 1. The molecule has 12 heteroatoms. The van der Waals surface area contributed by atoms with Crippen molar-refractivity contribution in [3.05, 3.63) is 40.1 Å². The molecule has 2 aromatic heterocycles. The van der Waals surface area contributed by atoms with E-state index in [4.69, 9.17) is 9.15 Å². The first-order chi connectivity index (χ1) is 16.3. The van der Waals surface area contributed by atoms with Gasteiger partial charge in [-0.3, -0.25) is 10.1 Å². The fourth-order valence-corrected chi connectivity index (χ4v) is 7.06. The van der Waals surface area contributed by atoms with Crippen LogP contribution >= 0.6 is 23.1 Å². The molecule has 10 nitrogen and oxygen atoms in total. The summed E-state index contributed by atoms with van der Waals surface area (Å²) in [5.74, 6) is -1.56. The lowest BCUT2D eigenvalue weighted by Crippen LogP contribution is -2.63.